The molecule has 0 aliphatic carbocycles. The second-order valence-corrected chi connectivity index (χ2v) is 22.0. The molecule has 0 aliphatic heterocycles. The summed E-state index contributed by atoms with van der Waals surface area (Å²) in [4.78, 5) is 35.2. The van der Waals surface area contributed by atoms with Crippen molar-refractivity contribution in [2.75, 3.05) is 26.4 Å². The van der Waals surface area contributed by atoms with Crippen LogP contribution in [0.2, 0.25) is 0 Å². The van der Waals surface area contributed by atoms with Gasteiger partial charge in [-0.3, -0.25) is 18.6 Å². The summed E-state index contributed by atoms with van der Waals surface area (Å²) in [5.74, 6) is -0.975. The second kappa shape index (κ2) is 70.6. The maximum Gasteiger partial charge on any atom is 0.472 e. The summed E-state index contributed by atoms with van der Waals surface area (Å²) in [5.41, 5.74) is 5.38. The molecule has 0 heterocycles. The van der Waals surface area contributed by atoms with E-state index in [1.54, 1.807) is 0 Å². The minimum atomic E-state index is -4.44. The molecule has 0 aromatic rings. The maximum absolute atomic E-state index is 12.7. The molecular weight excluding hydrogens is 1120 g/mol. The molecule has 0 spiro atoms. The van der Waals surface area contributed by atoms with Gasteiger partial charge in [-0.2, -0.15) is 0 Å². The second-order valence-electron chi connectivity index (χ2n) is 20.5. The molecule has 89 heavy (non-hydrogen) atoms. The fourth-order valence-corrected chi connectivity index (χ4v) is 8.38. The Morgan fingerprint density at radius 3 is 0.854 bits per heavy atom. The molecule has 0 radical (unpaired) electrons. The molecule has 2 unspecified atom stereocenters. The van der Waals surface area contributed by atoms with Crippen molar-refractivity contribution in [1.29, 1.82) is 0 Å². The van der Waals surface area contributed by atoms with Crippen molar-refractivity contribution in [3.63, 3.8) is 0 Å². The quantitative estimate of drug-likeness (QED) is 0.0264. The van der Waals surface area contributed by atoms with Crippen LogP contribution in [-0.4, -0.2) is 49.3 Å². The third kappa shape index (κ3) is 70.5. The van der Waals surface area contributed by atoms with Crippen molar-refractivity contribution in [2.45, 2.75) is 200 Å². The number of nitrogens with two attached hydrogens (primary N) is 1. The van der Waals surface area contributed by atoms with Gasteiger partial charge >= 0.3 is 19.8 Å². The Hall–Kier alpha value is -6.45. The number of ether oxygens (including phenoxy) is 2. The molecule has 9 nitrogen and oxygen atoms in total. The standard InChI is InChI=1S/C79H116NO8P/c1-3-5-7-9-11-13-15-17-19-21-23-25-27-29-31-33-34-35-36-37-38-39-40-41-42-44-46-48-50-52-54-56-58-60-62-64-66-68-70-72-79(82)88-77(76-87-89(83,84)86-74-73-80)75-85-78(81)71-69-67-65-63-61-59-57-55-53-51-49-47-45-43-32-30-28-26-24-22-20-18-16-14-12-10-8-6-4-2/h5-8,11-14,17-20,23-26,29-32,34-35,37-38,40-41,44-47,50-53,56-59,62-65,77H,3-4,9-10,15-16,21-22,27-28,33,36,39,42-43,48-49,54-55,60-61,66-76,80H2,1-2H3,(H,83,84)/b7-5-,8-6-,13-11-,14-12-,19-17-,20-18-,25-23-,26-24-,31-29-,32-30-,35-34-,38-37-,41-40-,46-44-,47-45-,52-50-,53-51-,58-56-,59-57-,64-62-,65-63-. The van der Waals surface area contributed by atoms with Crippen LogP contribution in [0.25, 0.3) is 0 Å². The lowest BCUT2D eigenvalue weighted by Crippen LogP contribution is -2.29. The van der Waals surface area contributed by atoms with Crippen molar-refractivity contribution in [2.24, 2.45) is 5.73 Å². The minimum absolute atomic E-state index is 0.0230. The van der Waals surface area contributed by atoms with Crippen LogP contribution in [0.4, 0.5) is 0 Å². The van der Waals surface area contributed by atoms with Crippen LogP contribution in [0.1, 0.15) is 194 Å². The Kier molecular flexibility index (Phi) is 65.5. The minimum Gasteiger partial charge on any atom is -0.462 e. The molecule has 0 rings (SSSR count). The van der Waals surface area contributed by atoms with Crippen molar-refractivity contribution < 1.29 is 37.6 Å². The number of phosphoric acid groups is 1. The molecule has 0 amide bonds. The zero-order valence-electron chi connectivity index (χ0n) is 54.8. The van der Waals surface area contributed by atoms with Crippen LogP contribution >= 0.6 is 7.82 Å². The molecule has 2 atom stereocenters. The lowest BCUT2D eigenvalue weighted by molar-refractivity contribution is -0.161. The SMILES string of the molecule is CC/C=C\C/C=C\C/C=C\C/C=C\C/C=C\C/C=C\C/C=C\C/C=C\C/C=C\C/C=C\C/C=C\C/C=C\CCCCC(=O)OC(COC(=O)CCC/C=C\C/C=C\C/C=C\C/C=C\C/C=C\C/C=C\C/C=C\C/C=C\C/C=C\CC)COP(=O)(O)OCCN. The summed E-state index contributed by atoms with van der Waals surface area (Å²) in [7, 11) is -4.44. The summed E-state index contributed by atoms with van der Waals surface area (Å²) >= 11 is 0. The van der Waals surface area contributed by atoms with E-state index in [-0.39, 0.29) is 32.6 Å². The van der Waals surface area contributed by atoms with Crippen LogP contribution in [-0.2, 0) is 32.7 Å². The third-order valence-electron chi connectivity index (χ3n) is 12.4. The Morgan fingerprint density at radius 1 is 0.337 bits per heavy atom. The zero-order chi connectivity index (χ0) is 64.4. The Labute approximate surface area is 541 Å². The largest absolute Gasteiger partial charge is 0.472 e. The van der Waals surface area contributed by atoms with E-state index in [9.17, 15) is 19.0 Å². The molecule has 0 aliphatic rings. The van der Waals surface area contributed by atoms with E-state index < -0.39 is 32.5 Å². The van der Waals surface area contributed by atoms with E-state index in [1.807, 2.05) is 6.08 Å². The smallest absolute Gasteiger partial charge is 0.462 e. The molecule has 0 saturated heterocycles. The Balaban J connectivity index is 4.21. The summed E-state index contributed by atoms with van der Waals surface area (Å²) in [6, 6.07) is 0. The molecule has 0 bridgehead atoms. The molecule has 10 heteroatoms. The number of allylic oxidation sites excluding steroid dienone is 42. The summed E-state index contributed by atoms with van der Waals surface area (Å²) in [5, 5.41) is 0. The van der Waals surface area contributed by atoms with Crippen molar-refractivity contribution in [3.05, 3.63) is 255 Å². The molecule has 0 saturated carbocycles. The summed E-state index contributed by atoms with van der Waals surface area (Å²) in [6.45, 7) is 3.35. The van der Waals surface area contributed by atoms with E-state index in [1.165, 1.54) is 0 Å². The zero-order valence-corrected chi connectivity index (χ0v) is 55.7. The highest BCUT2D eigenvalue weighted by atomic mass is 31.2. The van der Waals surface area contributed by atoms with Crippen LogP contribution in [0.15, 0.2) is 255 Å². The first kappa shape index (κ1) is 82.6. The maximum atomic E-state index is 12.7. The van der Waals surface area contributed by atoms with Gasteiger partial charge in [-0.25, -0.2) is 4.57 Å². The monoisotopic (exact) mass is 1240 g/mol. The van der Waals surface area contributed by atoms with E-state index >= 15 is 0 Å². The van der Waals surface area contributed by atoms with Crippen LogP contribution < -0.4 is 5.73 Å². The number of hydrogen-bond acceptors (Lipinski definition) is 8. The average molecular weight is 1240 g/mol. The first-order valence-corrected chi connectivity index (χ1v) is 34.7. The lowest BCUT2D eigenvalue weighted by atomic mass is 10.2. The van der Waals surface area contributed by atoms with Crippen LogP contribution in [0.5, 0.6) is 0 Å². The van der Waals surface area contributed by atoms with Crippen LogP contribution in [0.3, 0.4) is 0 Å². The number of carbonyl (C=O) groups excluding carboxylic acids is 2. The number of unbranched alkanes of at least 4 members (excludes halogenated alkanes) is 3. The predicted octanol–water partition coefficient (Wildman–Crippen LogP) is 22.2. The van der Waals surface area contributed by atoms with Gasteiger partial charge in [0.25, 0.3) is 0 Å². The van der Waals surface area contributed by atoms with Crippen molar-refractivity contribution in [1.82, 2.24) is 0 Å². The highest BCUT2D eigenvalue weighted by molar-refractivity contribution is 7.47. The highest BCUT2D eigenvalue weighted by Crippen LogP contribution is 2.43. The van der Waals surface area contributed by atoms with E-state index in [4.69, 9.17) is 24.3 Å². The molecule has 3 N–H and O–H groups in total. The molecule has 0 aromatic carbocycles. The number of esters is 2. The average Bonchev–Trinajstić information content (AvgIpc) is 3.68. The van der Waals surface area contributed by atoms with E-state index in [2.05, 4.69) is 263 Å². The molecule has 490 valence electrons. The van der Waals surface area contributed by atoms with Gasteiger partial charge in [-0.1, -0.05) is 269 Å². The predicted molar refractivity (Wildman–Crippen MR) is 384 cm³/mol. The lowest BCUT2D eigenvalue weighted by Gasteiger charge is -2.19. The molecular formula is C79H116NO8P. The van der Waals surface area contributed by atoms with E-state index in [0.717, 1.165) is 148 Å². The fraction of sp³-hybridized carbons (Fsp3) is 0.443. The van der Waals surface area contributed by atoms with E-state index in [0.29, 0.717) is 19.3 Å². The normalized spacial score (nSPS) is 14.6. The Morgan fingerprint density at radius 2 is 0.584 bits per heavy atom. The van der Waals surface area contributed by atoms with Gasteiger partial charge in [-0.05, 0) is 167 Å². The fourth-order valence-electron chi connectivity index (χ4n) is 7.62. The van der Waals surface area contributed by atoms with Gasteiger partial charge < -0.3 is 20.1 Å². The first-order chi connectivity index (χ1) is 43.8. The Bertz CT molecular complexity index is 2400. The van der Waals surface area contributed by atoms with Gasteiger partial charge in [-0.15, -0.1) is 0 Å². The summed E-state index contributed by atoms with van der Waals surface area (Å²) < 4.78 is 33.0. The first-order valence-electron chi connectivity index (χ1n) is 33.2. The third-order valence-corrected chi connectivity index (χ3v) is 13.4. The number of phosphoric ester groups is 1. The highest BCUT2D eigenvalue weighted by Gasteiger charge is 2.26. The van der Waals surface area contributed by atoms with Crippen LogP contribution in [0, 0.1) is 0 Å². The van der Waals surface area contributed by atoms with Crippen molar-refractivity contribution in [3.8, 4) is 0 Å². The van der Waals surface area contributed by atoms with Gasteiger partial charge in [0.15, 0.2) is 6.10 Å². The number of rotatable bonds is 58. The summed E-state index contributed by atoms with van der Waals surface area (Å²) in [6.07, 6.45) is 115. The van der Waals surface area contributed by atoms with Gasteiger partial charge in [0, 0.05) is 19.4 Å². The topological polar surface area (TPSA) is 134 Å². The van der Waals surface area contributed by atoms with Gasteiger partial charge in [0.2, 0.25) is 0 Å². The molecule has 0 fully saturated rings. The van der Waals surface area contributed by atoms with Gasteiger partial charge in [0.1, 0.15) is 6.61 Å². The number of hydrogen-bond donors (Lipinski definition) is 2. The van der Waals surface area contributed by atoms with Crippen molar-refractivity contribution >= 4 is 19.8 Å². The van der Waals surface area contributed by atoms with Gasteiger partial charge in [0.05, 0.1) is 13.2 Å². The molecule has 0 aromatic heterocycles. The number of carbonyl (C=O) groups is 2.